The molecule has 1 fully saturated rings. The number of halogens is 2. The first-order valence-corrected chi connectivity index (χ1v) is 7.80. The van der Waals surface area contributed by atoms with Gasteiger partial charge in [-0.2, -0.15) is 29.7 Å². The molecule has 1 aliphatic rings. The Balaban J connectivity index is 0.00000242. The van der Waals surface area contributed by atoms with Crippen LogP contribution in [0.15, 0.2) is 18.2 Å². The topological polar surface area (TPSA) is 67.3 Å². The summed E-state index contributed by atoms with van der Waals surface area (Å²) >= 11 is 12.1. The monoisotopic (exact) mass is 520 g/mol. The molecule has 0 aliphatic carbocycles. The maximum absolute atomic E-state index is 6.14. The third-order valence-corrected chi connectivity index (χ3v) is 4.56. The molecule has 1 saturated heterocycles. The Morgan fingerprint density at radius 3 is 2.59 bits per heavy atom. The van der Waals surface area contributed by atoms with Crippen molar-refractivity contribution >= 4 is 23.2 Å². The Bertz CT molecular complexity index is 475. The second-order valence-electron chi connectivity index (χ2n) is 5.82. The summed E-state index contributed by atoms with van der Waals surface area (Å²) in [6.07, 6.45) is 3.48. The minimum absolute atomic E-state index is 0. The van der Waals surface area contributed by atoms with Crippen LogP contribution < -0.4 is 16.8 Å². The van der Waals surface area contributed by atoms with E-state index in [1.54, 1.807) is 6.07 Å². The fraction of sp³-hybridized carbons (Fsp3) is 0.467. The van der Waals surface area contributed by atoms with Crippen molar-refractivity contribution < 1.29 is 19.8 Å². The van der Waals surface area contributed by atoms with Gasteiger partial charge in [0.1, 0.15) is 0 Å². The zero-order valence-electron chi connectivity index (χ0n) is 12.5. The summed E-state index contributed by atoms with van der Waals surface area (Å²) in [6, 6.07) is 5.49. The average molecular weight is 520 g/mol. The van der Waals surface area contributed by atoms with Gasteiger partial charge in [-0.25, -0.2) is 6.67 Å². The van der Waals surface area contributed by atoms with Crippen LogP contribution >= 0.6 is 23.2 Å². The molecule has 0 saturated carbocycles. The van der Waals surface area contributed by atoms with Crippen LogP contribution in [0.3, 0.4) is 0 Å². The molecule has 22 heavy (non-hydrogen) atoms. The Kier molecular flexibility index (Phi) is 8.12. The van der Waals surface area contributed by atoms with Crippen LogP contribution in [-0.4, -0.2) is 29.7 Å². The predicted molar refractivity (Wildman–Crippen MR) is 88.7 cm³/mol. The molecule has 7 heteroatoms. The van der Waals surface area contributed by atoms with Gasteiger partial charge in [0.05, 0.1) is 0 Å². The molecule has 0 bridgehead atoms. The van der Waals surface area contributed by atoms with Crippen LogP contribution in [0.1, 0.15) is 25.3 Å². The van der Waals surface area contributed by atoms with Gasteiger partial charge in [-0.15, -0.1) is 6.07 Å². The minimum Gasteiger partial charge on any atom is -0.449 e. The van der Waals surface area contributed by atoms with E-state index in [1.165, 1.54) is 0 Å². The number of likely N-dealkylation sites (tertiary alicyclic amines) is 1. The quantitative estimate of drug-likeness (QED) is 0.413. The van der Waals surface area contributed by atoms with Gasteiger partial charge in [0.25, 0.3) is 0 Å². The van der Waals surface area contributed by atoms with Crippen molar-refractivity contribution in [2.24, 2.45) is 11.5 Å². The Hall–Kier alpha value is 0.146. The summed E-state index contributed by atoms with van der Waals surface area (Å²) in [4.78, 5) is 2.20. The first-order chi connectivity index (χ1) is 9.87. The molecule has 0 spiro atoms. The molecule has 1 aromatic carbocycles. The average Bonchev–Trinajstić information content (AvgIpc) is 2.43. The van der Waals surface area contributed by atoms with Crippen molar-refractivity contribution in [3.63, 3.8) is 0 Å². The van der Waals surface area contributed by atoms with E-state index >= 15 is 0 Å². The van der Waals surface area contributed by atoms with E-state index in [2.05, 4.69) is 17.1 Å². The SMILES string of the molecule is CC1(N)CCN([CH-]NC(N)[CH-]c2cccc(Cl)c2Cl)CC1.[Os+2]. The molecule has 2 rings (SSSR count). The van der Waals surface area contributed by atoms with Crippen molar-refractivity contribution in [3.8, 4) is 0 Å². The van der Waals surface area contributed by atoms with Crippen LogP contribution in [0.25, 0.3) is 0 Å². The maximum Gasteiger partial charge on any atom is 2.00 e. The fourth-order valence-electron chi connectivity index (χ4n) is 2.25. The molecule has 4 nitrogen and oxygen atoms in total. The van der Waals surface area contributed by atoms with Gasteiger partial charge in [-0.1, -0.05) is 17.7 Å². The Morgan fingerprint density at radius 1 is 1.32 bits per heavy atom. The summed E-state index contributed by atoms with van der Waals surface area (Å²) in [6.45, 7) is 5.89. The smallest absolute Gasteiger partial charge is 0.449 e. The molecular formula is C15H22Cl2N4Os. The molecule has 1 atom stereocenters. The van der Waals surface area contributed by atoms with Crippen molar-refractivity contribution in [3.05, 3.63) is 46.9 Å². The van der Waals surface area contributed by atoms with Crippen molar-refractivity contribution in [2.75, 3.05) is 13.1 Å². The van der Waals surface area contributed by atoms with Crippen LogP contribution in [0.2, 0.25) is 10.0 Å². The van der Waals surface area contributed by atoms with E-state index in [4.69, 9.17) is 34.7 Å². The zero-order chi connectivity index (χ0) is 15.5. The summed E-state index contributed by atoms with van der Waals surface area (Å²) in [5, 5.41) is 4.20. The fourth-order valence-corrected chi connectivity index (χ4v) is 2.62. The van der Waals surface area contributed by atoms with E-state index in [-0.39, 0.29) is 31.5 Å². The third-order valence-electron chi connectivity index (χ3n) is 3.73. The van der Waals surface area contributed by atoms with E-state index < -0.39 is 0 Å². The number of benzene rings is 1. The van der Waals surface area contributed by atoms with Crippen molar-refractivity contribution in [1.82, 2.24) is 10.2 Å². The largest absolute Gasteiger partial charge is 2.00 e. The molecule has 5 N–H and O–H groups in total. The number of rotatable bonds is 5. The van der Waals surface area contributed by atoms with Crippen molar-refractivity contribution in [1.29, 1.82) is 0 Å². The molecule has 124 valence electrons. The molecule has 1 unspecified atom stereocenters. The van der Waals surface area contributed by atoms with Crippen LogP contribution in [-0.2, 0) is 19.8 Å². The van der Waals surface area contributed by atoms with Gasteiger partial charge in [-0.3, -0.25) is 0 Å². The second-order valence-corrected chi connectivity index (χ2v) is 6.61. The first kappa shape index (κ1) is 20.2. The molecule has 0 aromatic heterocycles. The summed E-state index contributed by atoms with van der Waals surface area (Å²) in [5.74, 6) is 0. The maximum atomic E-state index is 6.14. The van der Waals surface area contributed by atoms with Gasteiger partial charge in [0.2, 0.25) is 0 Å². The number of hydrogen-bond acceptors (Lipinski definition) is 4. The van der Waals surface area contributed by atoms with E-state index in [0.717, 1.165) is 31.5 Å². The van der Waals surface area contributed by atoms with E-state index in [0.29, 0.717) is 10.0 Å². The first-order valence-electron chi connectivity index (χ1n) is 7.04. The van der Waals surface area contributed by atoms with E-state index in [9.17, 15) is 0 Å². The molecule has 0 amide bonds. The van der Waals surface area contributed by atoms with Gasteiger partial charge in [0, 0.05) is 16.7 Å². The Morgan fingerprint density at radius 2 is 1.95 bits per heavy atom. The number of nitrogens with two attached hydrogens (primary N) is 2. The zero-order valence-corrected chi connectivity index (χ0v) is 16.6. The van der Waals surface area contributed by atoms with Crippen LogP contribution in [0.4, 0.5) is 0 Å². The van der Waals surface area contributed by atoms with Gasteiger partial charge >= 0.3 is 19.8 Å². The van der Waals surface area contributed by atoms with Gasteiger partial charge in [0.15, 0.2) is 0 Å². The number of nitrogens with one attached hydrogen (secondary N) is 1. The molecular weight excluding hydrogens is 497 g/mol. The summed E-state index contributed by atoms with van der Waals surface area (Å²) < 4.78 is 0. The second kappa shape index (κ2) is 8.85. The number of piperidine rings is 1. The summed E-state index contributed by atoms with van der Waals surface area (Å²) in [7, 11) is 0. The predicted octanol–water partition coefficient (Wildman–Crippen LogP) is 2.35. The molecule has 1 aliphatic heterocycles. The molecule has 0 radical (unpaired) electrons. The van der Waals surface area contributed by atoms with Gasteiger partial charge in [-0.05, 0) is 37.9 Å². The standard InChI is InChI=1S/C15H22Cl2N4.Os/c1-15(19)5-7-21(8-6-15)10-20-13(18)9-11-3-2-4-12(16)14(11)17;/h2-4,9-10,13,20H,5-8,18-19H2,1H3;/q-2;+2. The van der Waals surface area contributed by atoms with E-state index in [1.807, 2.05) is 25.2 Å². The molecule has 1 aromatic rings. The van der Waals surface area contributed by atoms with Crippen molar-refractivity contribution in [2.45, 2.75) is 31.5 Å². The molecule has 1 heterocycles. The number of nitrogens with zero attached hydrogens (tertiary/aromatic N) is 1. The summed E-state index contributed by atoms with van der Waals surface area (Å²) in [5.41, 5.74) is 12.9. The number of hydrogen-bond donors (Lipinski definition) is 3. The van der Waals surface area contributed by atoms with Gasteiger partial charge < -0.3 is 21.7 Å². The normalized spacial score (nSPS) is 19.3. The minimum atomic E-state index is -0.327. The van der Waals surface area contributed by atoms with Crippen LogP contribution in [0, 0.1) is 13.1 Å². The third kappa shape index (κ3) is 5.98. The van der Waals surface area contributed by atoms with Crippen LogP contribution in [0.5, 0.6) is 0 Å². The Labute approximate surface area is 155 Å².